The second-order valence-electron chi connectivity index (χ2n) is 3.57. The van der Waals surface area contributed by atoms with Crippen molar-refractivity contribution in [2.75, 3.05) is 0 Å². The molecule has 0 aliphatic carbocycles. The molecule has 17 heavy (non-hydrogen) atoms. The van der Waals surface area contributed by atoms with Gasteiger partial charge in [-0.25, -0.2) is 8.78 Å². The Kier molecular flexibility index (Phi) is 4.00. The van der Waals surface area contributed by atoms with Gasteiger partial charge in [0.15, 0.2) is 0 Å². The Labute approximate surface area is 119 Å². The summed E-state index contributed by atoms with van der Waals surface area (Å²) in [6.45, 7) is 1.95. The van der Waals surface area contributed by atoms with Gasteiger partial charge in [0.2, 0.25) is 0 Å². The molecule has 0 N–H and O–H groups in total. The largest absolute Gasteiger partial charge is 0.207 e. The molecule has 1 heterocycles. The van der Waals surface area contributed by atoms with Crippen LogP contribution in [0.2, 0.25) is 0 Å². The van der Waals surface area contributed by atoms with Gasteiger partial charge in [-0.3, -0.25) is 0 Å². The molecule has 1 unspecified atom stereocenters. The third kappa shape index (κ3) is 2.61. The molecule has 5 heteroatoms. The van der Waals surface area contributed by atoms with Crippen LogP contribution < -0.4 is 0 Å². The Balaban J connectivity index is 2.51. The van der Waals surface area contributed by atoms with Gasteiger partial charge in [-0.1, -0.05) is 22.0 Å². The average Bonchev–Trinajstić information content (AvgIpc) is 2.57. The summed E-state index contributed by atoms with van der Waals surface area (Å²) in [5, 5.41) is 0. The highest BCUT2D eigenvalue weighted by atomic mass is 79.9. The summed E-state index contributed by atoms with van der Waals surface area (Å²) in [6.07, 6.45) is 0. The summed E-state index contributed by atoms with van der Waals surface area (Å²) in [6, 6.07) is 5.83. The lowest BCUT2D eigenvalue weighted by Gasteiger charge is -2.11. The fraction of sp³-hybridized carbons (Fsp3) is 0.167. The maximum atomic E-state index is 13.6. The van der Waals surface area contributed by atoms with Crippen LogP contribution in [0.1, 0.15) is 20.1 Å². The van der Waals surface area contributed by atoms with Crippen LogP contribution >= 0.6 is 43.2 Å². The van der Waals surface area contributed by atoms with Gasteiger partial charge in [0.05, 0.1) is 4.83 Å². The minimum Gasteiger partial charge on any atom is -0.207 e. The predicted molar refractivity (Wildman–Crippen MR) is 73.9 cm³/mol. The summed E-state index contributed by atoms with van der Waals surface area (Å²) < 4.78 is 28.2. The normalized spacial score (nSPS) is 12.8. The van der Waals surface area contributed by atoms with Crippen LogP contribution in [-0.4, -0.2) is 0 Å². The van der Waals surface area contributed by atoms with E-state index < -0.39 is 16.5 Å². The first-order valence-electron chi connectivity index (χ1n) is 4.84. The van der Waals surface area contributed by atoms with Gasteiger partial charge in [0, 0.05) is 19.8 Å². The third-order valence-corrected chi connectivity index (χ3v) is 5.57. The van der Waals surface area contributed by atoms with Crippen molar-refractivity contribution in [3.8, 4) is 0 Å². The molecule has 2 aromatic rings. The van der Waals surface area contributed by atoms with Gasteiger partial charge in [-0.05, 0) is 41.1 Å². The molecule has 0 bridgehead atoms. The van der Waals surface area contributed by atoms with Crippen molar-refractivity contribution < 1.29 is 8.78 Å². The monoisotopic (exact) mass is 380 g/mol. The lowest BCUT2D eigenvalue weighted by atomic mass is 10.1. The van der Waals surface area contributed by atoms with Gasteiger partial charge in [-0.15, -0.1) is 11.3 Å². The summed E-state index contributed by atoms with van der Waals surface area (Å²) in [5.74, 6) is -1.07. The van der Waals surface area contributed by atoms with Crippen LogP contribution in [0.3, 0.4) is 0 Å². The summed E-state index contributed by atoms with van der Waals surface area (Å²) in [4.78, 5) is 1.48. The van der Waals surface area contributed by atoms with Crippen LogP contribution in [0.25, 0.3) is 0 Å². The number of benzene rings is 1. The van der Waals surface area contributed by atoms with Gasteiger partial charge in [0.1, 0.15) is 11.6 Å². The fourth-order valence-corrected chi connectivity index (χ4v) is 4.70. The van der Waals surface area contributed by atoms with Crippen molar-refractivity contribution >= 4 is 43.2 Å². The highest BCUT2D eigenvalue weighted by molar-refractivity contribution is 9.11. The molecule has 0 aliphatic heterocycles. The first-order valence-corrected chi connectivity index (χ1v) is 7.37. The molecule has 0 aliphatic rings. The molecule has 0 spiro atoms. The van der Waals surface area contributed by atoms with Gasteiger partial charge in [0.25, 0.3) is 0 Å². The summed E-state index contributed by atoms with van der Waals surface area (Å²) in [7, 11) is 0. The van der Waals surface area contributed by atoms with E-state index in [2.05, 4.69) is 31.9 Å². The predicted octanol–water partition coefficient (Wildman–Crippen LogP) is 5.58. The lowest BCUT2D eigenvalue weighted by molar-refractivity contribution is 0.561. The summed E-state index contributed by atoms with van der Waals surface area (Å²) in [5.41, 5.74) is 0.0510. The van der Waals surface area contributed by atoms with Crippen molar-refractivity contribution in [3.05, 3.63) is 55.7 Å². The second kappa shape index (κ2) is 5.16. The zero-order valence-electron chi connectivity index (χ0n) is 8.81. The van der Waals surface area contributed by atoms with Crippen LogP contribution in [0.4, 0.5) is 8.78 Å². The minimum atomic E-state index is -0.537. The van der Waals surface area contributed by atoms with Crippen LogP contribution in [-0.2, 0) is 0 Å². The molecule has 90 valence electrons. The highest BCUT2D eigenvalue weighted by Crippen LogP contribution is 2.42. The van der Waals surface area contributed by atoms with E-state index in [0.717, 1.165) is 14.2 Å². The van der Waals surface area contributed by atoms with E-state index in [1.54, 1.807) is 0 Å². The maximum Gasteiger partial charge on any atom is 0.130 e. The molecule has 0 radical (unpaired) electrons. The van der Waals surface area contributed by atoms with Crippen molar-refractivity contribution in [2.45, 2.75) is 11.8 Å². The van der Waals surface area contributed by atoms with Crippen molar-refractivity contribution in [3.63, 3.8) is 0 Å². The number of hydrogen-bond donors (Lipinski definition) is 0. The zero-order valence-corrected chi connectivity index (χ0v) is 12.8. The van der Waals surface area contributed by atoms with Crippen molar-refractivity contribution in [1.29, 1.82) is 0 Å². The average molecular weight is 382 g/mol. The molecule has 1 aromatic carbocycles. The number of halogens is 4. The molecule has 1 atom stereocenters. The van der Waals surface area contributed by atoms with E-state index >= 15 is 0 Å². The topological polar surface area (TPSA) is 0 Å². The van der Waals surface area contributed by atoms with E-state index in [1.807, 2.05) is 13.0 Å². The van der Waals surface area contributed by atoms with Gasteiger partial charge < -0.3 is 0 Å². The zero-order chi connectivity index (χ0) is 12.6. The molecular weight excluding hydrogens is 374 g/mol. The van der Waals surface area contributed by atoms with Gasteiger partial charge >= 0.3 is 0 Å². The highest BCUT2D eigenvalue weighted by Gasteiger charge is 2.22. The lowest BCUT2D eigenvalue weighted by Crippen LogP contribution is -1.99. The Morgan fingerprint density at radius 1 is 1.24 bits per heavy atom. The van der Waals surface area contributed by atoms with Crippen LogP contribution in [0.15, 0.2) is 28.7 Å². The molecule has 0 saturated heterocycles. The number of rotatable bonds is 2. The Morgan fingerprint density at radius 3 is 2.29 bits per heavy atom. The van der Waals surface area contributed by atoms with Gasteiger partial charge in [-0.2, -0.15) is 0 Å². The van der Waals surface area contributed by atoms with E-state index in [4.69, 9.17) is 0 Å². The number of aryl methyl sites for hydroxylation is 1. The molecule has 0 nitrogen and oxygen atoms in total. The van der Waals surface area contributed by atoms with E-state index in [0.29, 0.717) is 0 Å². The molecule has 0 saturated carbocycles. The van der Waals surface area contributed by atoms with E-state index in [1.165, 1.54) is 29.5 Å². The molecule has 0 amide bonds. The number of thiophene rings is 1. The Hall–Kier alpha value is -0.260. The second-order valence-corrected chi connectivity index (χ2v) is 6.63. The smallest absolute Gasteiger partial charge is 0.130 e. The van der Waals surface area contributed by atoms with E-state index in [9.17, 15) is 8.78 Å². The molecular formula is C12H8Br2F2S. The minimum absolute atomic E-state index is 0.0510. The Bertz CT molecular complexity index is 531. The number of hydrogen-bond acceptors (Lipinski definition) is 1. The molecule has 2 rings (SSSR count). The maximum absolute atomic E-state index is 13.6. The summed E-state index contributed by atoms with van der Waals surface area (Å²) >= 11 is 8.27. The fourth-order valence-electron chi connectivity index (χ4n) is 1.56. The van der Waals surface area contributed by atoms with Crippen molar-refractivity contribution in [2.24, 2.45) is 0 Å². The van der Waals surface area contributed by atoms with Crippen LogP contribution in [0, 0.1) is 18.6 Å². The Morgan fingerprint density at radius 2 is 1.82 bits per heavy atom. The molecule has 1 aromatic heterocycles. The first-order chi connectivity index (χ1) is 8.00. The number of alkyl halides is 1. The van der Waals surface area contributed by atoms with Crippen molar-refractivity contribution in [1.82, 2.24) is 0 Å². The first kappa shape index (κ1) is 13.2. The third-order valence-electron chi connectivity index (χ3n) is 2.32. The SMILES string of the molecule is Cc1cc(Br)c(C(Br)c2c(F)cccc2F)s1. The van der Waals surface area contributed by atoms with E-state index in [-0.39, 0.29) is 5.56 Å². The standard InChI is InChI=1S/C12H8Br2F2S/c1-6-5-7(13)12(17-6)11(14)10-8(15)3-2-4-9(10)16/h2-5,11H,1H3. The van der Waals surface area contributed by atoms with Crippen LogP contribution in [0.5, 0.6) is 0 Å². The molecule has 0 fully saturated rings. The quantitative estimate of drug-likeness (QED) is 0.595.